The summed E-state index contributed by atoms with van der Waals surface area (Å²) in [5.74, 6) is 1.18. The van der Waals surface area contributed by atoms with Crippen molar-refractivity contribution in [2.75, 3.05) is 4.90 Å². The molecule has 1 saturated carbocycles. The molecular weight excluding hydrogens is 386 g/mol. The van der Waals surface area contributed by atoms with Crippen LogP contribution in [0.15, 0.2) is 116 Å². The van der Waals surface area contributed by atoms with Gasteiger partial charge in [-0.1, -0.05) is 91.9 Å². The maximum Gasteiger partial charge on any atom is 0.0461 e. The number of para-hydroxylation sites is 2. The van der Waals surface area contributed by atoms with E-state index in [9.17, 15) is 0 Å². The molecule has 0 bridgehead atoms. The molecule has 0 radical (unpaired) electrons. The minimum absolute atomic E-state index is 0.584. The molecule has 1 nitrogen and oxygen atoms in total. The van der Waals surface area contributed by atoms with Crippen LogP contribution in [-0.4, -0.2) is 0 Å². The highest BCUT2D eigenvalue weighted by Gasteiger charge is 2.29. The van der Waals surface area contributed by atoms with Crippen molar-refractivity contribution in [3.63, 3.8) is 0 Å². The van der Waals surface area contributed by atoms with E-state index in [0.29, 0.717) is 11.8 Å². The van der Waals surface area contributed by atoms with E-state index in [-0.39, 0.29) is 0 Å². The zero-order chi connectivity index (χ0) is 21.8. The van der Waals surface area contributed by atoms with Gasteiger partial charge in [-0.2, -0.15) is 0 Å². The fraction of sp³-hybridized carbons (Fsp3) is 0.161. The van der Waals surface area contributed by atoms with Gasteiger partial charge in [-0.05, 0) is 77.8 Å². The van der Waals surface area contributed by atoms with Gasteiger partial charge in [-0.3, -0.25) is 0 Å². The standard InChI is InChI=1S/C31H29N/c1-2-24-16-18-25(19-17-24)30-14-9-15-31(30)26-20-22-29(23-21-26)32(27-10-5-3-6-11-27)28-12-7-4-8-13-28/h2-8,10-13,16-23,30-31H,1,9,14-15H2. The number of rotatable bonds is 6. The molecule has 0 saturated heterocycles. The van der Waals surface area contributed by atoms with Gasteiger partial charge in [0.25, 0.3) is 0 Å². The Morgan fingerprint density at radius 3 is 1.47 bits per heavy atom. The summed E-state index contributed by atoms with van der Waals surface area (Å²) in [5.41, 5.74) is 7.63. The van der Waals surface area contributed by atoms with E-state index in [4.69, 9.17) is 0 Å². The molecule has 1 aliphatic carbocycles. The first kappa shape index (κ1) is 20.3. The van der Waals surface area contributed by atoms with Gasteiger partial charge in [0.2, 0.25) is 0 Å². The molecule has 0 aromatic heterocycles. The molecule has 1 fully saturated rings. The smallest absolute Gasteiger partial charge is 0.0461 e. The highest BCUT2D eigenvalue weighted by Crippen LogP contribution is 2.46. The largest absolute Gasteiger partial charge is 0.311 e. The molecule has 1 aliphatic rings. The van der Waals surface area contributed by atoms with Crippen LogP contribution >= 0.6 is 0 Å². The van der Waals surface area contributed by atoms with Crippen molar-refractivity contribution in [1.82, 2.24) is 0 Å². The minimum Gasteiger partial charge on any atom is -0.311 e. The summed E-state index contributed by atoms with van der Waals surface area (Å²) in [4.78, 5) is 2.32. The molecule has 0 spiro atoms. The number of hydrogen-bond acceptors (Lipinski definition) is 1. The van der Waals surface area contributed by atoms with Gasteiger partial charge < -0.3 is 4.90 Å². The third-order valence-corrected chi connectivity index (χ3v) is 6.72. The Labute approximate surface area is 191 Å². The van der Waals surface area contributed by atoms with E-state index in [1.54, 1.807) is 0 Å². The molecule has 0 heterocycles. The van der Waals surface area contributed by atoms with Crippen molar-refractivity contribution in [3.8, 4) is 0 Å². The van der Waals surface area contributed by atoms with Gasteiger partial charge in [0.15, 0.2) is 0 Å². The summed E-state index contributed by atoms with van der Waals surface area (Å²) in [6, 6.07) is 39.4. The fourth-order valence-corrected chi connectivity index (χ4v) is 5.11. The second kappa shape index (κ2) is 9.28. The zero-order valence-corrected chi connectivity index (χ0v) is 18.4. The molecule has 0 amide bonds. The molecule has 0 N–H and O–H groups in total. The average molecular weight is 416 g/mol. The van der Waals surface area contributed by atoms with Crippen LogP contribution in [0, 0.1) is 0 Å². The van der Waals surface area contributed by atoms with Gasteiger partial charge in [-0.15, -0.1) is 0 Å². The molecule has 4 aromatic carbocycles. The zero-order valence-electron chi connectivity index (χ0n) is 18.4. The second-order valence-electron chi connectivity index (χ2n) is 8.61. The summed E-state index contributed by atoms with van der Waals surface area (Å²) >= 11 is 0. The Balaban J connectivity index is 1.45. The van der Waals surface area contributed by atoms with E-state index >= 15 is 0 Å². The van der Waals surface area contributed by atoms with Crippen LogP contribution < -0.4 is 4.90 Å². The molecule has 158 valence electrons. The van der Waals surface area contributed by atoms with E-state index in [1.807, 2.05) is 6.08 Å². The Morgan fingerprint density at radius 2 is 1.00 bits per heavy atom. The van der Waals surface area contributed by atoms with E-state index in [2.05, 4.69) is 121 Å². The predicted octanol–water partition coefficient (Wildman–Crippen LogP) is 8.85. The maximum atomic E-state index is 3.88. The lowest BCUT2D eigenvalue weighted by Gasteiger charge is -2.26. The van der Waals surface area contributed by atoms with Crippen LogP contribution in [0.4, 0.5) is 17.1 Å². The van der Waals surface area contributed by atoms with Crippen LogP contribution in [-0.2, 0) is 0 Å². The minimum atomic E-state index is 0.584. The first-order valence-corrected chi connectivity index (χ1v) is 11.6. The summed E-state index contributed by atoms with van der Waals surface area (Å²) < 4.78 is 0. The molecule has 5 rings (SSSR count). The summed E-state index contributed by atoms with van der Waals surface area (Å²) in [6.07, 6.45) is 5.73. The molecule has 1 heteroatoms. The Bertz CT molecular complexity index is 1110. The molecule has 0 aliphatic heterocycles. The van der Waals surface area contributed by atoms with Crippen LogP contribution in [0.25, 0.3) is 6.08 Å². The third kappa shape index (κ3) is 4.11. The molecular formula is C31H29N. The van der Waals surface area contributed by atoms with Gasteiger partial charge in [0.05, 0.1) is 0 Å². The third-order valence-electron chi connectivity index (χ3n) is 6.72. The highest BCUT2D eigenvalue weighted by atomic mass is 15.1. The van der Waals surface area contributed by atoms with Crippen LogP contribution in [0.1, 0.15) is 47.8 Å². The SMILES string of the molecule is C=Cc1ccc(C2CCCC2c2ccc(N(c3ccccc3)c3ccccc3)cc2)cc1. The van der Waals surface area contributed by atoms with Crippen molar-refractivity contribution < 1.29 is 0 Å². The molecule has 2 atom stereocenters. The lowest BCUT2D eigenvalue weighted by Crippen LogP contribution is -2.10. The molecule has 32 heavy (non-hydrogen) atoms. The van der Waals surface area contributed by atoms with Crippen molar-refractivity contribution in [3.05, 3.63) is 132 Å². The summed E-state index contributed by atoms with van der Waals surface area (Å²) in [5, 5.41) is 0. The topological polar surface area (TPSA) is 3.24 Å². The van der Waals surface area contributed by atoms with Gasteiger partial charge in [-0.25, -0.2) is 0 Å². The molecule has 4 aromatic rings. The van der Waals surface area contributed by atoms with Gasteiger partial charge in [0.1, 0.15) is 0 Å². The first-order chi connectivity index (χ1) is 15.8. The Kier molecular flexibility index (Phi) is 5.89. The lowest BCUT2D eigenvalue weighted by molar-refractivity contribution is 0.624. The van der Waals surface area contributed by atoms with Crippen LogP contribution in [0.3, 0.4) is 0 Å². The maximum absolute atomic E-state index is 3.88. The fourth-order valence-electron chi connectivity index (χ4n) is 5.11. The predicted molar refractivity (Wildman–Crippen MR) is 137 cm³/mol. The normalized spacial score (nSPS) is 17.8. The Hall–Kier alpha value is -3.58. The monoisotopic (exact) mass is 415 g/mol. The average Bonchev–Trinajstić information content (AvgIpc) is 3.36. The van der Waals surface area contributed by atoms with Crippen LogP contribution in [0.2, 0.25) is 0 Å². The summed E-state index contributed by atoms with van der Waals surface area (Å²) in [7, 11) is 0. The number of nitrogens with zero attached hydrogens (tertiary/aromatic N) is 1. The quantitative estimate of drug-likeness (QED) is 0.304. The van der Waals surface area contributed by atoms with Crippen molar-refractivity contribution in [2.45, 2.75) is 31.1 Å². The van der Waals surface area contributed by atoms with E-state index in [1.165, 1.54) is 53.0 Å². The van der Waals surface area contributed by atoms with Crippen LogP contribution in [0.5, 0.6) is 0 Å². The first-order valence-electron chi connectivity index (χ1n) is 11.6. The van der Waals surface area contributed by atoms with E-state index in [0.717, 1.165) is 0 Å². The highest BCUT2D eigenvalue weighted by molar-refractivity contribution is 5.76. The molecule has 2 unspecified atom stereocenters. The number of hydrogen-bond donors (Lipinski definition) is 0. The summed E-state index contributed by atoms with van der Waals surface area (Å²) in [6.45, 7) is 3.88. The number of benzene rings is 4. The number of anilines is 3. The van der Waals surface area contributed by atoms with Crippen molar-refractivity contribution in [2.24, 2.45) is 0 Å². The van der Waals surface area contributed by atoms with Crippen molar-refractivity contribution >= 4 is 23.1 Å². The second-order valence-corrected chi connectivity index (χ2v) is 8.61. The van der Waals surface area contributed by atoms with Gasteiger partial charge in [0, 0.05) is 17.1 Å². The van der Waals surface area contributed by atoms with E-state index < -0.39 is 0 Å². The van der Waals surface area contributed by atoms with Crippen molar-refractivity contribution in [1.29, 1.82) is 0 Å². The van der Waals surface area contributed by atoms with Gasteiger partial charge >= 0.3 is 0 Å². The Morgan fingerprint density at radius 1 is 0.562 bits per heavy atom. The lowest BCUT2D eigenvalue weighted by atomic mass is 9.84.